The maximum Gasteiger partial charge on any atom is 0.328 e. The summed E-state index contributed by atoms with van der Waals surface area (Å²) in [6.45, 7) is 4.58. The van der Waals surface area contributed by atoms with Crippen LogP contribution in [0.4, 0.5) is 0 Å². The number of hydrogen-bond acceptors (Lipinski definition) is 4. The second-order valence-electron chi connectivity index (χ2n) is 5.51. The Kier molecular flexibility index (Phi) is 5.38. The minimum atomic E-state index is -1.04. The molecule has 0 aliphatic carbocycles. The summed E-state index contributed by atoms with van der Waals surface area (Å²) >= 11 is 0. The van der Waals surface area contributed by atoms with E-state index in [4.69, 9.17) is 9.47 Å². The molecule has 1 saturated heterocycles. The molecule has 6 nitrogen and oxygen atoms in total. The lowest BCUT2D eigenvalue weighted by molar-refractivity contribution is -0.158. The van der Waals surface area contributed by atoms with E-state index in [1.165, 1.54) is 4.90 Å². The molecule has 1 aliphatic rings. The van der Waals surface area contributed by atoms with E-state index in [-0.39, 0.29) is 25.0 Å². The zero-order valence-electron chi connectivity index (χ0n) is 12.8. The van der Waals surface area contributed by atoms with Gasteiger partial charge in [-0.3, -0.25) is 4.79 Å². The zero-order chi connectivity index (χ0) is 16.1. The van der Waals surface area contributed by atoms with Crippen LogP contribution in [0.25, 0.3) is 0 Å². The van der Waals surface area contributed by atoms with Crippen molar-refractivity contribution < 1.29 is 24.2 Å². The van der Waals surface area contributed by atoms with Crippen LogP contribution in [0.2, 0.25) is 0 Å². The van der Waals surface area contributed by atoms with Gasteiger partial charge in [0.1, 0.15) is 5.75 Å². The van der Waals surface area contributed by atoms with Crippen LogP contribution < -0.4 is 4.74 Å². The lowest BCUT2D eigenvalue weighted by Gasteiger charge is -2.33. The maximum atomic E-state index is 12.4. The standard InChI is InChI=1S/C16H21NO5/c1-11(2)22-13-5-3-4-12(8-13)9-15(18)17-6-7-21-10-14(17)16(19)20/h3-5,8,11,14H,6-7,9-10H2,1-2H3,(H,19,20)/t14-/m0/s1. The highest BCUT2D eigenvalue weighted by atomic mass is 16.5. The average Bonchev–Trinajstić information content (AvgIpc) is 2.46. The highest BCUT2D eigenvalue weighted by molar-refractivity contribution is 5.85. The number of carboxylic acids is 1. The third-order valence-corrected chi connectivity index (χ3v) is 3.36. The third-order valence-electron chi connectivity index (χ3n) is 3.36. The second-order valence-corrected chi connectivity index (χ2v) is 5.51. The summed E-state index contributed by atoms with van der Waals surface area (Å²) in [5.41, 5.74) is 0.804. The Morgan fingerprint density at radius 3 is 2.91 bits per heavy atom. The Labute approximate surface area is 129 Å². The van der Waals surface area contributed by atoms with Gasteiger partial charge in [-0.15, -0.1) is 0 Å². The Bertz CT molecular complexity index is 543. The van der Waals surface area contributed by atoms with Gasteiger partial charge < -0.3 is 19.5 Å². The summed E-state index contributed by atoms with van der Waals surface area (Å²) < 4.78 is 10.7. The van der Waals surface area contributed by atoms with E-state index in [0.717, 1.165) is 5.56 Å². The van der Waals surface area contributed by atoms with Crippen molar-refractivity contribution in [1.29, 1.82) is 0 Å². The van der Waals surface area contributed by atoms with E-state index in [2.05, 4.69) is 0 Å². The first-order valence-corrected chi connectivity index (χ1v) is 7.33. The highest BCUT2D eigenvalue weighted by Gasteiger charge is 2.32. The topological polar surface area (TPSA) is 76.1 Å². The lowest BCUT2D eigenvalue weighted by atomic mass is 10.1. The van der Waals surface area contributed by atoms with Crippen molar-refractivity contribution >= 4 is 11.9 Å². The van der Waals surface area contributed by atoms with Crippen LogP contribution in [-0.2, 0) is 20.7 Å². The zero-order valence-corrected chi connectivity index (χ0v) is 12.8. The normalized spacial score (nSPS) is 18.3. The van der Waals surface area contributed by atoms with Crippen molar-refractivity contribution in [2.75, 3.05) is 19.8 Å². The lowest BCUT2D eigenvalue weighted by Crippen LogP contribution is -2.53. The summed E-state index contributed by atoms with van der Waals surface area (Å²) in [4.78, 5) is 25.0. The molecule has 0 unspecified atom stereocenters. The fourth-order valence-electron chi connectivity index (χ4n) is 2.38. The summed E-state index contributed by atoms with van der Waals surface area (Å²) in [6, 6.07) is 6.41. The van der Waals surface area contributed by atoms with Crippen LogP contribution in [0.5, 0.6) is 5.75 Å². The fraction of sp³-hybridized carbons (Fsp3) is 0.500. The molecule has 1 aromatic rings. The number of amides is 1. The van der Waals surface area contributed by atoms with Crippen LogP contribution in [0.3, 0.4) is 0 Å². The number of morpholine rings is 1. The smallest absolute Gasteiger partial charge is 0.328 e. The first-order valence-electron chi connectivity index (χ1n) is 7.33. The van der Waals surface area contributed by atoms with Crippen molar-refractivity contribution in [2.24, 2.45) is 0 Å². The highest BCUT2D eigenvalue weighted by Crippen LogP contribution is 2.17. The van der Waals surface area contributed by atoms with Crippen molar-refractivity contribution in [3.63, 3.8) is 0 Å². The van der Waals surface area contributed by atoms with Crippen LogP contribution in [-0.4, -0.2) is 53.8 Å². The summed E-state index contributed by atoms with van der Waals surface area (Å²) in [7, 11) is 0. The van der Waals surface area contributed by atoms with E-state index in [9.17, 15) is 14.7 Å². The van der Waals surface area contributed by atoms with Gasteiger partial charge in [0.15, 0.2) is 6.04 Å². The molecule has 1 amide bonds. The van der Waals surface area contributed by atoms with Gasteiger partial charge in [-0.25, -0.2) is 4.79 Å². The number of carboxylic acid groups (broad SMARTS) is 1. The monoisotopic (exact) mass is 307 g/mol. The Balaban J connectivity index is 2.06. The maximum absolute atomic E-state index is 12.4. The number of nitrogens with zero attached hydrogens (tertiary/aromatic N) is 1. The number of carbonyl (C=O) groups is 2. The SMILES string of the molecule is CC(C)Oc1cccc(CC(=O)N2CCOC[C@H]2C(=O)O)c1. The van der Waals surface area contributed by atoms with E-state index >= 15 is 0 Å². The molecular formula is C16H21NO5. The van der Waals surface area contributed by atoms with E-state index in [1.807, 2.05) is 38.1 Å². The van der Waals surface area contributed by atoms with Gasteiger partial charge in [0, 0.05) is 6.54 Å². The Hall–Kier alpha value is -2.08. The number of ether oxygens (including phenoxy) is 2. The summed E-state index contributed by atoms with van der Waals surface area (Å²) in [5, 5.41) is 9.17. The average molecular weight is 307 g/mol. The van der Waals surface area contributed by atoms with Gasteiger partial charge in [0.25, 0.3) is 0 Å². The van der Waals surface area contributed by atoms with Gasteiger partial charge in [-0.1, -0.05) is 12.1 Å². The molecule has 2 rings (SSSR count). The fourth-order valence-corrected chi connectivity index (χ4v) is 2.38. The Morgan fingerprint density at radius 1 is 1.45 bits per heavy atom. The number of benzene rings is 1. The number of hydrogen-bond donors (Lipinski definition) is 1. The molecule has 1 atom stereocenters. The number of carbonyl (C=O) groups excluding carboxylic acids is 1. The minimum Gasteiger partial charge on any atom is -0.491 e. The van der Waals surface area contributed by atoms with Crippen LogP contribution in [0, 0.1) is 0 Å². The summed E-state index contributed by atoms with van der Waals surface area (Å²) in [6.07, 6.45) is 0.209. The molecule has 1 heterocycles. The molecule has 0 aromatic heterocycles. The molecule has 0 spiro atoms. The van der Waals surface area contributed by atoms with Crippen LogP contribution in [0.1, 0.15) is 19.4 Å². The summed E-state index contributed by atoms with van der Waals surface area (Å²) in [5.74, 6) is -0.542. The first-order chi connectivity index (χ1) is 10.5. The van der Waals surface area contributed by atoms with Gasteiger partial charge in [-0.2, -0.15) is 0 Å². The van der Waals surface area contributed by atoms with E-state index in [0.29, 0.717) is 18.9 Å². The van der Waals surface area contributed by atoms with Gasteiger partial charge in [-0.05, 0) is 31.5 Å². The van der Waals surface area contributed by atoms with E-state index < -0.39 is 12.0 Å². The molecule has 1 aliphatic heterocycles. The molecule has 1 N–H and O–H groups in total. The molecule has 0 radical (unpaired) electrons. The predicted molar refractivity (Wildman–Crippen MR) is 79.9 cm³/mol. The number of rotatable bonds is 5. The van der Waals surface area contributed by atoms with Gasteiger partial charge >= 0.3 is 5.97 Å². The van der Waals surface area contributed by atoms with Crippen molar-refractivity contribution in [2.45, 2.75) is 32.4 Å². The third kappa shape index (κ3) is 4.21. The van der Waals surface area contributed by atoms with Crippen molar-refractivity contribution in [3.8, 4) is 5.75 Å². The van der Waals surface area contributed by atoms with Crippen LogP contribution >= 0.6 is 0 Å². The second kappa shape index (κ2) is 7.26. The molecule has 120 valence electrons. The molecular weight excluding hydrogens is 286 g/mol. The quantitative estimate of drug-likeness (QED) is 0.888. The van der Waals surface area contributed by atoms with Gasteiger partial charge in [0.2, 0.25) is 5.91 Å². The molecule has 1 fully saturated rings. The van der Waals surface area contributed by atoms with Crippen LogP contribution in [0.15, 0.2) is 24.3 Å². The minimum absolute atomic E-state index is 0.0393. The molecule has 22 heavy (non-hydrogen) atoms. The molecule has 6 heteroatoms. The number of aliphatic carboxylic acids is 1. The predicted octanol–water partition coefficient (Wildman–Crippen LogP) is 1.33. The first kappa shape index (κ1) is 16.3. The molecule has 1 aromatic carbocycles. The Morgan fingerprint density at radius 2 is 2.23 bits per heavy atom. The van der Waals surface area contributed by atoms with Gasteiger partial charge in [0.05, 0.1) is 25.7 Å². The molecule has 0 bridgehead atoms. The van der Waals surface area contributed by atoms with Crippen molar-refractivity contribution in [1.82, 2.24) is 4.90 Å². The van der Waals surface area contributed by atoms with E-state index in [1.54, 1.807) is 0 Å². The largest absolute Gasteiger partial charge is 0.491 e. The molecule has 0 saturated carbocycles. The van der Waals surface area contributed by atoms with Crippen molar-refractivity contribution in [3.05, 3.63) is 29.8 Å².